The van der Waals surface area contributed by atoms with Crippen LogP contribution in [0.2, 0.25) is 0 Å². The summed E-state index contributed by atoms with van der Waals surface area (Å²) in [6, 6.07) is 0. The average molecular weight is 144 g/mol. The fourth-order valence-corrected chi connectivity index (χ4v) is 1.21. The molecule has 1 atom stereocenters. The Bertz CT molecular complexity index is 160. The molecule has 0 radical (unpaired) electrons. The highest BCUT2D eigenvalue weighted by molar-refractivity contribution is 5.78. The van der Waals surface area contributed by atoms with Crippen LogP contribution in [0.1, 0.15) is 19.8 Å². The molecule has 0 spiro atoms. The zero-order chi connectivity index (χ0) is 7.78. The normalized spacial score (nSPS) is 34.6. The van der Waals surface area contributed by atoms with E-state index in [4.69, 9.17) is 10.9 Å². The van der Waals surface area contributed by atoms with E-state index in [0.29, 0.717) is 13.0 Å². The number of carboxylic acids is 1. The van der Waals surface area contributed by atoms with Crippen LogP contribution in [-0.2, 0) is 4.79 Å². The number of hydrogen-bond acceptors (Lipinski definition) is 3. The lowest BCUT2D eigenvalue weighted by molar-refractivity contribution is -0.148. The molecule has 4 heteroatoms. The highest BCUT2D eigenvalue weighted by Crippen LogP contribution is 2.25. The van der Waals surface area contributed by atoms with Crippen molar-refractivity contribution in [2.24, 2.45) is 5.84 Å². The highest BCUT2D eigenvalue weighted by atomic mass is 16.4. The Morgan fingerprint density at radius 2 is 2.40 bits per heavy atom. The fraction of sp³-hybridized carbons (Fsp3) is 0.833. The summed E-state index contributed by atoms with van der Waals surface area (Å²) in [7, 11) is 0. The summed E-state index contributed by atoms with van der Waals surface area (Å²) >= 11 is 0. The van der Waals surface area contributed by atoms with E-state index in [0.717, 1.165) is 6.42 Å². The summed E-state index contributed by atoms with van der Waals surface area (Å²) in [5.74, 6) is 4.64. The van der Waals surface area contributed by atoms with Gasteiger partial charge in [0.2, 0.25) is 0 Å². The van der Waals surface area contributed by atoms with Gasteiger partial charge in [-0.25, -0.2) is 5.01 Å². The van der Waals surface area contributed by atoms with Crippen LogP contribution in [0.25, 0.3) is 0 Å². The minimum Gasteiger partial charge on any atom is -0.480 e. The topological polar surface area (TPSA) is 66.6 Å². The monoisotopic (exact) mass is 144 g/mol. The van der Waals surface area contributed by atoms with Gasteiger partial charge >= 0.3 is 5.97 Å². The van der Waals surface area contributed by atoms with Gasteiger partial charge < -0.3 is 5.11 Å². The third kappa shape index (κ3) is 0.892. The Morgan fingerprint density at radius 1 is 1.80 bits per heavy atom. The molecule has 0 aliphatic carbocycles. The van der Waals surface area contributed by atoms with Gasteiger partial charge in [0.15, 0.2) is 0 Å². The van der Waals surface area contributed by atoms with Crippen molar-refractivity contribution in [1.82, 2.24) is 5.01 Å². The molecule has 0 aromatic rings. The van der Waals surface area contributed by atoms with Crippen molar-refractivity contribution in [3.63, 3.8) is 0 Å². The Hall–Kier alpha value is -0.610. The molecule has 4 nitrogen and oxygen atoms in total. The lowest BCUT2D eigenvalue weighted by Crippen LogP contribution is -2.51. The molecule has 0 saturated carbocycles. The van der Waals surface area contributed by atoms with E-state index in [1.54, 1.807) is 6.92 Å². The van der Waals surface area contributed by atoms with Crippen LogP contribution in [0.4, 0.5) is 0 Å². The average Bonchev–Trinajstić information content (AvgIpc) is 2.15. The van der Waals surface area contributed by atoms with Crippen molar-refractivity contribution in [3.05, 3.63) is 0 Å². The SMILES string of the molecule is CC1(C(=O)O)CCCN1N. The molecule has 0 amide bonds. The van der Waals surface area contributed by atoms with Crippen LogP contribution in [0, 0.1) is 0 Å². The molecule has 0 aromatic carbocycles. The number of nitrogens with two attached hydrogens (primary N) is 1. The van der Waals surface area contributed by atoms with Crippen molar-refractivity contribution < 1.29 is 9.90 Å². The molecular weight excluding hydrogens is 132 g/mol. The third-order valence-electron chi connectivity index (χ3n) is 2.16. The first-order valence-electron chi connectivity index (χ1n) is 3.33. The number of hydrogen-bond donors (Lipinski definition) is 2. The predicted octanol–water partition coefficient (Wildman–Crippen LogP) is -0.201. The van der Waals surface area contributed by atoms with Crippen LogP contribution < -0.4 is 5.84 Å². The van der Waals surface area contributed by atoms with Gasteiger partial charge in [-0.3, -0.25) is 10.6 Å². The zero-order valence-corrected chi connectivity index (χ0v) is 6.00. The largest absolute Gasteiger partial charge is 0.480 e. The maximum absolute atomic E-state index is 10.6. The maximum Gasteiger partial charge on any atom is 0.325 e. The number of hydrazine groups is 1. The maximum atomic E-state index is 10.6. The summed E-state index contributed by atoms with van der Waals surface area (Å²) < 4.78 is 0. The van der Waals surface area contributed by atoms with E-state index in [-0.39, 0.29) is 0 Å². The minimum atomic E-state index is -0.826. The minimum absolute atomic E-state index is 0.652. The van der Waals surface area contributed by atoms with E-state index in [1.165, 1.54) is 5.01 Å². The van der Waals surface area contributed by atoms with Crippen LogP contribution in [0.3, 0.4) is 0 Å². The number of carboxylic acid groups (broad SMARTS) is 1. The van der Waals surface area contributed by atoms with Crippen molar-refractivity contribution in [2.45, 2.75) is 25.3 Å². The molecule has 1 saturated heterocycles. The molecule has 0 bridgehead atoms. The van der Waals surface area contributed by atoms with Crippen molar-refractivity contribution in [2.75, 3.05) is 6.54 Å². The van der Waals surface area contributed by atoms with Gasteiger partial charge in [-0.05, 0) is 19.8 Å². The van der Waals surface area contributed by atoms with Crippen LogP contribution in [0.5, 0.6) is 0 Å². The van der Waals surface area contributed by atoms with Crippen molar-refractivity contribution in [1.29, 1.82) is 0 Å². The summed E-state index contributed by atoms with van der Waals surface area (Å²) in [5.41, 5.74) is -0.819. The van der Waals surface area contributed by atoms with Gasteiger partial charge in [0.1, 0.15) is 5.54 Å². The second-order valence-electron chi connectivity index (χ2n) is 2.88. The molecule has 1 fully saturated rings. The lowest BCUT2D eigenvalue weighted by Gasteiger charge is -2.26. The number of nitrogens with zero attached hydrogens (tertiary/aromatic N) is 1. The van der Waals surface area contributed by atoms with Gasteiger partial charge in [0, 0.05) is 6.54 Å². The van der Waals surface area contributed by atoms with Gasteiger partial charge in [-0.15, -0.1) is 0 Å². The van der Waals surface area contributed by atoms with Crippen molar-refractivity contribution >= 4 is 5.97 Å². The van der Waals surface area contributed by atoms with Crippen molar-refractivity contribution in [3.8, 4) is 0 Å². The zero-order valence-electron chi connectivity index (χ0n) is 6.00. The second-order valence-corrected chi connectivity index (χ2v) is 2.88. The molecular formula is C6H12N2O2. The van der Waals surface area contributed by atoms with E-state index in [9.17, 15) is 4.79 Å². The quantitative estimate of drug-likeness (QED) is 0.500. The first-order valence-corrected chi connectivity index (χ1v) is 3.33. The molecule has 0 aromatic heterocycles. The Kier molecular flexibility index (Phi) is 1.66. The van der Waals surface area contributed by atoms with E-state index < -0.39 is 11.5 Å². The predicted molar refractivity (Wildman–Crippen MR) is 36.2 cm³/mol. The first kappa shape index (κ1) is 7.50. The molecule has 1 rings (SSSR count). The summed E-state index contributed by atoms with van der Waals surface area (Å²) in [6.07, 6.45) is 1.53. The number of carbonyl (C=O) groups is 1. The number of rotatable bonds is 1. The molecule has 1 aliphatic rings. The Balaban J connectivity index is 2.75. The van der Waals surface area contributed by atoms with Crippen LogP contribution in [-0.4, -0.2) is 28.2 Å². The Morgan fingerprint density at radius 3 is 2.60 bits per heavy atom. The lowest BCUT2D eigenvalue weighted by atomic mass is 10.0. The molecule has 10 heavy (non-hydrogen) atoms. The van der Waals surface area contributed by atoms with E-state index >= 15 is 0 Å². The second kappa shape index (κ2) is 2.21. The summed E-state index contributed by atoms with van der Waals surface area (Å²) in [4.78, 5) is 10.6. The van der Waals surface area contributed by atoms with E-state index in [2.05, 4.69) is 0 Å². The molecule has 1 aliphatic heterocycles. The van der Waals surface area contributed by atoms with Gasteiger partial charge in [-0.1, -0.05) is 0 Å². The summed E-state index contributed by atoms with van der Waals surface area (Å²) in [6.45, 7) is 2.34. The van der Waals surface area contributed by atoms with Crippen LogP contribution in [0.15, 0.2) is 0 Å². The molecule has 3 N–H and O–H groups in total. The fourth-order valence-electron chi connectivity index (χ4n) is 1.21. The van der Waals surface area contributed by atoms with Gasteiger partial charge in [0.25, 0.3) is 0 Å². The molecule has 1 unspecified atom stereocenters. The van der Waals surface area contributed by atoms with Gasteiger partial charge in [0.05, 0.1) is 0 Å². The smallest absolute Gasteiger partial charge is 0.325 e. The van der Waals surface area contributed by atoms with Crippen LogP contribution >= 0.6 is 0 Å². The third-order valence-corrected chi connectivity index (χ3v) is 2.16. The first-order chi connectivity index (χ1) is 4.57. The number of aliphatic carboxylic acids is 1. The molecule has 1 heterocycles. The standard InChI is InChI=1S/C6H12N2O2/c1-6(5(9)10)3-2-4-8(6)7/h2-4,7H2,1H3,(H,9,10). The molecule has 58 valence electrons. The summed E-state index contributed by atoms with van der Waals surface area (Å²) in [5, 5.41) is 10.1. The van der Waals surface area contributed by atoms with Gasteiger partial charge in [-0.2, -0.15) is 0 Å². The van der Waals surface area contributed by atoms with E-state index in [1.807, 2.05) is 0 Å². The Labute approximate surface area is 59.6 Å². The highest BCUT2D eigenvalue weighted by Gasteiger charge is 2.41.